The van der Waals surface area contributed by atoms with E-state index < -0.39 is 0 Å². The Morgan fingerprint density at radius 2 is 2.41 bits per heavy atom. The number of ether oxygens (including phenoxy) is 1. The van der Waals surface area contributed by atoms with Crippen LogP contribution in [-0.4, -0.2) is 52.3 Å². The number of imidazole rings is 1. The number of nitrogens with two attached hydrogens (primary N) is 1. The van der Waals surface area contributed by atoms with Crippen molar-refractivity contribution in [3.05, 3.63) is 12.7 Å². The van der Waals surface area contributed by atoms with Crippen LogP contribution in [0.15, 0.2) is 12.7 Å². The van der Waals surface area contributed by atoms with Gasteiger partial charge in [0.25, 0.3) is 0 Å². The van der Waals surface area contributed by atoms with Crippen LogP contribution in [-0.2, 0) is 4.74 Å². The molecule has 0 spiro atoms. The van der Waals surface area contributed by atoms with Crippen LogP contribution < -0.4 is 10.6 Å². The second-order valence-corrected chi connectivity index (χ2v) is 3.97. The zero-order chi connectivity index (χ0) is 11.7. The number of nitrogens with zero attached hydrogens (tertiary/aromatic N) is 4. The summed E-state index contributed by atoms with van der Waals surface area (Å²) in [6, 6.07) is 0. The number of morpholine rings is 1. The highest BCUT2D eigenvalue weighted by molar-refractivity contribution is 5.82. The Labute approximate surface area is 98.0 Å². The van der Waals surface area contributed by atoms with Crippen LogP contribution in [0.1, 0.15) is 0 Å². The Balaban J connectivity index is 1.94. The van der Waals surface area contributed by atoms with E-state index >= 15 is 0 Å². The molecule has 1 aliphatic heterocycles. The molecule has 1 fully saturated rings. The molecule has 1 saturated heterocycles. The molecule has 90 valence electrons. The molecule has 7 nitrogen and oxygen atoms in total. The van der Waals surface area contributed by atoms with E-state index in [2.05, 4.69) is 24.8 Å². The Hall–Kier alpha value is -1.73. The highest BCUT2D eigenvalue weighted by atomic mass is 16.5. The summed E-state index contributed by atoms with van der Waals surface area (Å²) in [5, 5.41) is 0. The van der Waals surface area contributed by atoms with Crippen molar-refractivity contribution in [3.63, 3.8) is 0 Å². The third kappa shape index (κ3) is 1.83. The Bertz CT molecular complexity index is 512. The van der Waals surface area contributed by atoms with Crippen LogP contribution in [0.4, 0.5) is 5.82 Å². The van der Waals surface area contributed by atoms with E-state index in [1.165, 1.54) is 6.33 Å². The van der Waals surface area contributed by atoms with Gasteiger partial charge in [0.2, 0.25) is 0 Å². The molecule has 0 aromatic carbocycles. The molecule has 3 heterocycles. The van der Waals surface area contributed by atoms with Crippen molar-refractivity contribution in [1.29, 1.82) is 0 Å². The summed E-state index contributed by atoms with van der Waals surface area (Å²) in [5.41, 5.74) is 7.18. The normalized spacial score (nSPS) is 21.0. The summed E-state index contributed by atoms with van der Waals surface area (Å²) < 4.78 is 5.54. The second-order valence-electron chi connectivity index (χ2n) is 3.97. The van der Waals surface area contributed by atoms with Crippen molar-refractivity contribution >= 4 is 17.0 Å². The summed E-state index contributed by atoms with van der Waals surface area (Å²) in [6.45, 7) is 2.75. The lowest BCUT2D eigenvalue weighted by Gasteiger charge is -2.33. The quantitative estimate of drug-likeness (QED) is 0.728. The van der Waals surface area contributed by atoms with Crippen LogP contribution >= 0.6 is 0 Å². The number of hydrogen-bond donors (Lipinski definition) is 2. The van der Waals surface area contributed by atoms with Crippen LogP contribution in [0.3, 0.4) is 0 Å². The van der Waals surface area contributed by atoms with Gasteiger partial charge in [-0.05, 0) is 0 Å². The summed E-state index contributed by atoms with van der Waals surface area (Å²) in [4.78, 5) is 17.8. The predicted octanol–water partition coefficient (Wildman–Crippen LogP) is -0.483. The molecule has 0 saturated carbocycles. The molecule has 0 radical (unpaired) electrons. The standard InChI is InChI=1S/C10H14N6O/c11-3-7-4-16(1-2-17-7)10-8-9(13-5-12-8)14-6-15-10/h5-7H,1-4,11H2,(H,12,13,14,15)/t7-/m0/s1. The third-order valence-electron chi connectivity index (χ3n) is 2.90. The number of H-pyrrole nitrogens is 1. The van der Waals surface area contributed by atoms with Crippen molar-refractivity contribution < 1.29 is 4.74 Å². The van der Waals surface area contributed by atoms with Gasteiger partial charge < -0.3 is 20.4 Å². The van der Waals surface area contributed by atoms with E-state index in [0.717, 1.165) is 24.4 Å². The van der Waals surface area contributed by atoms with Crippen LogP contribution in [0.25, 0.3) is 11.2 Å². The van der Waals surface area contributed by atoms with Crippen molar-refractivity contribution in [2.45, 2.75) is 6.10 Å². The van der Waals surface area contributed by atoms with Crippen molar-refractivity contribution in [3.8, 4) is 0 Å². The van der Waals surface area contributed by atoms with Gasteiger partial charge in [0.15, 0.2) is 11.5 Å². The summed E-state index contributed by atoms with van der Waals surface area (Å²) in [5.74, 6) is 0.870. The lowest BCUT2D eigenvalue weighted by molar-refractivity contribution is 0.0464. The first-order valence-electron chi connectivity index (χ1n) is 5.59. The summed E-state index contributed by atoms with van der Waals surface area (Å²) in [6.07, 6.45) is 3.23. The van der Waals surface area contributed by atoms with Gasteiger partial charge in [0, 0.05) is 19.6 Å². The number of aromatic nitrogens is 4. The van der Waals surface area contributed by atoms with Gasteiger partial charge in [-0.1, -0.05) is 0 Å². The van der Waals surface area contributed by atoms with E-state index in [-0.39, 0.29) is 6.10 Å². The highest BCUT2D eigenvalue weighted by Gasteiger charge is 2.22. The molecule has 2 aromatic rings. The molecular weight excluding hydrogens is 220 g/mol. The topological polar surface area (TPSA) is 93.0 Å². The van der Waals surface area contributed by atoms with E-state index in [4.69, 9.17) is 10.5 Å². The minimum atomic E-state index is 0.0664. The number of rotatable bonds is 2. The molecular formula is C10H14N6O. The fourth-order valence-electron chi connectivity index (χ4n) is 2.05. The van der Waals surface area contributed by atoms with Gasteiger partial charge in [-0.15, -0.1) is 0 Å². The van der Waals surface area contributed by atoms with Gasteiger partial charge in [-0.3, -0.25) is 0 Å². The minimum Gasteiger partial charge on any atom is -0.373 e. The first-order valence-corrected chi connectivity index (χ1v) is 5.59. The zero-order valence-electron chi connectivity index (χ0n) is 9.33. The van der Waals surface area contributed by atoms with Crippen LogP contribution in [0, 0.1) is 0 Å². The molecule has 3 rings (SSSR count). The monoisotopic (exact) mass is 234 g/mol. The smallest absolute Gasteiger partial charge is 0.182 e. The summed E-state index contributed by atoms with van der Waals surface area (Å²) >= 11 is 0. The number of anilines is 1. The Morgan fingerprint density at radius 3 is 3.29 bits per heavy atom. The molecule has 3 N–H and O–H groups in total. The van der Waals surface area contributed by atoms with Crippen molar-refractivity contribution in [2.24, 2.45) is 5.73 Å². The van der Waals surface area contributed by atoms with Gasteiger partial charge in [-0.25, -0.2) is 15.0 Å². The molecule has 2 aromatic heterocycles. The average Bonchev–Trinajstić information content (AvgIpc) is 2.87. The van der Waals surface area contributed by atoms with Gasteiger partial charge in [0.05, 0.1) is 19.0 Å². The molecule has 0 bridgehead atoms. The zero-order valence-corrected chi connectivity index (χ0v) is 9.33. The molecule has 0 unspecified atom stereocenters. The van der Waals surface area contributed by atoms with E-state index in [9.17, 15) is 0 Å². The molecule has 17 heavy (non-hydrogen) atoms. The Morgan fingerprint density at radius 1 is 1.47 bits per heavy atom. The van der Waals surface area contributed by atoms with Crippen LogP contribution in [0.5, 0.6) is 0 Å². The molecule has 0 aliphatic carbocycles. The number of aromatic amines is 1. The van der Waals surface area contributed by atoms with Crippen LogP contribution in [0.2, 0.25) is 0 Å². The first kappa shape index (κ1) is 10.4. The summed E-state index contributed by atoms with van der Waals surface area (Å²) in [7, 11) is 0. The maximum absolute atomic E-state index is 5.63. The molecule has 1 aliphatic rings. The first-order chi connectivity index (χ1) is 8.38. The number of hydrogen-bond acceptors (Lipinski definition) is 6. The average molecular weight is 234 g/mol. The maximum Gasteiger partial charge on any atom is 0.182 e. The lowest BCUT2D eigenvalue weighted by Crippen LogP contribution is -2.46. The predicted molar refractivity (Wildman–Crippen MR) is 62.7 cm³/mol. The Kier molecular flexibility index (Phi) is 2.62. The molecule has 7 heteroatoms. The van der Waals surface area contributed by atoms with Gasteiger partial charge in [-0.2, -0.15) is 0 Å². The lowest BCUT2D eigenvalue weighted by atomic mass is 10.2. The van der Waals surface area contributed by atoms with E-state index in [0.29, 0.717) is 18.8 Å². The minimum absolute atomic E-state index is 0.0664. The molecule has 1 atom stereocenters. The van der Waals surface area contributed by atoms with E-state index in [1.54, 1.807) is 6.33 Å². The number of fused-ring (bicyclic) bond motifs is 1. The largest absolute Gasteiger partial charge is 0.373 e. The maximum atomic E-state index is 5.63. The molecule has 0 amide bonds. The second kappa shape index (κ2) is 4.27. The van der Waals surface area contributed by atoms with Crippen molar-refractivity contribution in [2.75, 3.05) is 31.1 Å². The van der Waals surface area contributed by atoms with Gasteiger partial charge in [0.1, 0.15) is 11.8 Å². The third-order valence-corrected chi connectivity index (χ3v) is 2.90. The van der Waals surface area contributed by atoms with Gasteiger partial charge >= 0.3 is 0 Å². The van der Waals surface area contributed by atoms with E-state index in [1.807, 2.05) is 0 Å². The number of nitrogens with one attached hydrogen (secondary N) is 1. The van der Waals surface area contributed by atoms with Crippen molar-refractivity contribution in [1.82, 2.24) is 19.9 Å². The SMILES string of the molecule is NC[C@H]1CN(c2ncnc3nc[nH]c23)CCO1. The fraction of sp³-hybridized carbons (Fsp3) is 0.500. The highest BCUT2D eigenvalue weighted by Crippen LogP contribution is 2.21. The fourth-order valence-corrected chi connectivity index (χ4v) is 2.05.